The maximum absolute atomic E-state index is 13.0. The van der Waals surface area contributed by atoms with Gasteiger partial charge in [-0.2, -0.15) is 13.2 Å². The zero-order valence-corrected chi connectivity index (χ0v) is 13.5. The molecule has 0 aromatic heterocycles. The zero-order valence-electron chi connectivity index (χ0n) is 13.5. The monoisotopic (exact) mass is 322 g/mol. The molecule has 1 fully saturated rings. The molecule has 0 aromatic rings. The summed E-state index contributed by atoms with van der Waals surface area (Å²) in [4.78, 5) is 0. The van der Waals surface area contributed by atoms with Crippen LogP contribution in [0, 0.1) is 23.2 Å². The molecule has 5 N–H and O–H groups in total. The Balaban J connectivity index is 2.36. The normalized spacial score (nSPS) is 24.3. The molecular formula is C15H29F3N4. The molecule has 0 heterocycles. The van der Waals surface area contributed by atoms with Crippen molar-refractivity contribution in [1.82, 2.24) is 10.6 Å². The summed E-state index contributed by atoms with van der Waals surface area (Å²) in [7, 11) is 0. The van der Waals surface area contributed by atoms with E-state index in [0.29, 0.717) is 18.4 Å². The molecule has 0 aliphatic heterocycles. The van der Waals surface area contributed by atoms with Crippen LogP contribution < -0.4 is 16.4 Å². The largest absolute Gasteiger partial charge is 0.403 e. The van der Waals surface area contributed by atoms with E-state index >= 15 is 0 Å². The van der Waals surface area contributed by atoms with Gasteiger partial charge in [0.25, 0.3) is 0 Å². The van der Waals surface area contributed by atoms with Crippen molar-refractivity contribution in [2.45, 2.75) is 58.2 Å². The van der Waals surface area contributed by atoms with E-state index in [0.717, 1.165) is 31.6 Å². The second-order valence-electron chi connectivity index (χ2n) is 6.66. The Morgan fingerprint density at radius 1 is 1.23 bits per heavy atom. The van der Waals surface area contributed by atoms with E-state index in [-0.39, 0.29) is 18.9 Å². The molecule has 1 atom stereocenters. The molecule has 0 radical (unpaired) electrons. The lowest BCUT2D eigenvalue weighted by molar-refractivity contribution is -0.157. The standard InChI is InChI=1S/C15H29F3N4/c1-10(2)12-5-3-11(4-6-12)9-22-13(15(16,17)18)7-8-21-14(19)20/h10-13,22H,3-9H2,1-2H3,(H4,19,20,21). The van der Waals surface area contributed by atoms with Crippen LogP contribution in [0.4, 0.5) is 13.2 Å². The van der Waals surface area contributed by atoms with Gasteiger partial charge in [-0.25, -0.2) is 0 Å². The Morgan fingerprint density at radius 3 is 2.27 bits per heavy atom. The summed E-state index contributed by atoms with van der Waals surface area (Å²) in [5.41, 5.74) is 5.09. The predicted octanol–water partition coefficient (Wildman–Crippen LogP) is 2.84. The molecule has 0 saturated heterocycles. The quantitative estimate of drug-likeness (QED) is 0.430. The molecule has 0 aromatic carbocycles. The number of hydrogen-bond acceptors (Lipinski definition) is 2. The van der Waals surface area contributed by atoms with E-state index in [1.54, 1.807) is 0 Å². The molecule has 1 unspecified atom stereocenters. The van der Waals surface area contributed by atoms with Crippen molar-refractivity contribution in [3.8, 4) is 0 Å². The van der Waals surface area contributed by atoms with Crippen molar-refractivity contribution in [1.29, 1.82) is 5.41 Å². The molecule has 1 aliphatic rings. The fourth-order valence-electron chi connectivity index (χ4n) is 3.10. The summed E-state index contributed by atoms with van der Waals surface area (Å²) in [5.74, 6) is 1.41. The van der Waals surface area contributed by atoms with Gasteiger partial charge >= 0.3 is 6.18 Å². The van der Waals surface area contributed by atoms with Crippen molar-refractivity contribution < 1.29 is 13.2 Å². The fourth-order valence-corrected chi connectivity index (χ4v) is 3.10. The molecule has 1 saturated carbocycles. The SMILES string of the molecule is CC(C)C1CCC(CNC(CCNC(=N)N)C(F)(F)F)CC1. The van der Waals surface area contributed by atoms with Gasteiger partial charge in [-0.05, 0) is 56.4 Å². The summed E-state index contributed by atoms with van der Waals surface area (Å²) >= 11 is 0. The highest BCUT2D eigenvalue weighted by atomic mass is 19.4. The van der Waals surface area contributed by atoms with Gasteiger partial charge in [-0.15, -0.1) is 0 Å². The third-order valence-electron chi connectivity index (χ3n) is 4.63. The van der Waals surface area contributed by atoms with Crippen molar-refractivity contribution >= 4 is 5.96 Å². The minimum Gasteiger partial charge on any atom is -0.370 e. The van der Waals surface area contributed by atoms with E-state index in [2.05, 4.69) is 24.5 Å². The van der Waals surface area contributed by atoms with Crippen LogP contribution in [0.5, 0.6) is 0 Å². The van der Waals surface area contributed by atoms with Crippen molar-refractivity contribution in [3.63, 3.8) is 0 Å². The highest BCUT2D eigenvalue weighted by Crippen LogP contribution is 2.33. The molecular weight excluding hydrogens is 293 g/mol. The van der Waals surface area contributed by atoms with Gasteiger partial charge in [0, 0.05) is 6.54 Å². The number of guanidine groups is 1. The first-order chi connectivity index (χ1) is 10.2. The Morgan fingerprint density at radius 2 is 1.82 bits per heavy atom. The van der Waals surface area contributed by atoms with Crippen LogP contribution in [0.2, 0.25) is 0 Å². The maximum Gasteiger partial charge on any atom is 0.403 e. The van der Waals surface area contributed by atoms with Gasteiger partial charge in [-0.3, -0.25) is 5.41 Å². The van der Waals surface area contributed by atoms with E-state index < -0.39 is 12.2 Å². The minimum absolute atomic E-state index is 0.0482. The highest BCUT2D eigenvalue weighted by Gasteiger charge is 2.39. The average molecular weight is 322 g/mol. The highest BCUT2D eigenvalue weighted by molar-refractivity contribution is 5.74. The van der Waals surface area contributed by atoms with E-state index in [1.165, 1.54) is 0 Å². The number of nitrogens with one attached hydrogen (secondary N) is 3. The average Bonchev–Trinajstić information content (AvgIpc) is 2.41. The minimum atomic E-state index is -4.27. The molecule has 0 bridgehead atoms. The number of rotatable bonds is 7. The van der Waals surface area contributed by atoms with Crippen LogP contribution in [0.15, 0.2) is 0 Å². The Bertz CT molecular complexity index is 336. The lowest BCUT2D eigenvalue weighted by atomic mass is 9.77. The van der Waals surface area contributed by atoms with Gasteiger partial charge in [0.1, 0.15) is 6.04 Å². The summed E-state index contributed by atoms with van der Waals surface area (Å²) in [5, 5.41) is 12.1. The van der Waals surface area contributed by atoms with Crippen LogP contribution in [0.3, 0.4) is 0 Å². The van der Waals surface area contributed by atoms with Crippen LogP contribution in [-0.2, 0) is 0 Å². The summed E-state index contributed by atoms with van der Waals surface area (Å²) in [6.45, 7) is 4.89. The first-order valence-corrected chi connectivity index (χ1v) is 8.08. The van der Waals surface area contributed by atoms with Crippen LogP contribution in [0.1, 0.15) is 46.0 Å². The van der Waals surface area contributed by atoms with Gasteiger partial charge in [0.15, 0.2) is 5.96 Å². The first-order valence-electron chi connectivity index (χ1n) is 8.08. The molecule has 22 heavy (non-hydrogen) atoms. The zero-order chi connectivity index (χ0) is 16.8. The fraction of sp³-hybridized carbons (Fsp3) is 0.933. The van der Waals surface area contributed by atoms with Gasteiger partial charge in [-0.1, -0.05) is 13.8 Å². The Hall–Kier alpha value is -0.980. The third kappa shape index (κ3) is 6.85. The van der Waals surface area contributed by atoms with E-state index in [1.807, 2.05) is 0 Å². The lowest BCUT2D eigenvalue weighted by Gasteiger charge is -2.32. The second kappa shape index (κ2) is 8.60. The van der Waals surface area contributed by atoms with Crippen LogP contribution >= 0.6 is 0 Å². The summed E-state index contributed by atoms with van der Waals surface area (Å²) in [6, 6.07) is -1.54. The van der Waals surface area contributed by atoms with Gasteiger partial charge in [0.05, 0.1) is 0 Å². The Kier molecular flexibility index (Phi) is 7.45. The molecule has 0 spiro atoms. The first kappa shape index (κ1) is 19.1. The number of hydrogen-bond donors (Lipinski definition) is 4. The van der Waals surface area contributed by atoms with Crippen molar-refractivity contribution in [2.75, 3.05) is 13.1 Å². The van der Waals surface area contributed by atoms with E-state index in [4.69, 9.17) is 11.1 Å². The third-order valence-corrected chi connectivity index (χ3v) is 4.63. The van der Waals surface area contributed by atoms with Crippen molar-refractivity contribution in [2.24, 2.45) is 23.5 Å². The molecule has 7 heteroatoms. The lowest BCUT2D eigenvalue weighted by Crippen LogP contribution is -2.47. The second-order valence-corrected chi connectivity index (χ2v) is 6.66. The number of nitrogens with two attached hydrogens (primary N) is 1. The molecule has 0 amide bonds. The van der Waals surface area contributed by atoms with E-state index in [9.17, 15) is 13.2 Å². The maximum atomic E-state index is 13.0. The van der Waals surface area contributed by atoms with Gasteiger partial charge in [0.2, 0.25) is 0 Å². The van der Waals surface area contributed by atoms with Crippen LogP contribution in [-0.4, -0.2) is 31.3 Å². The van der Waals surface area contributed by atoms with Gasteiger partial charge < -0.3 is 16.4 Å². The summed E-state index contributed by atoms with van der Waals surface area (Å²) in [6.07, 6.45) is -0.143. The van der Waals surface area contributed by atoms with Crippen LogP contribution in [0.25, 0.3) is 0 Å². The molecule has 130 valence electrons. The number of alkyl halides is 3. The summed E-state index contributed by atoms with van der Waals surface area (Å²) < 4.78 is 39.0. The smallest absolute Gasteiger partial charge is 0.370 e. The molecule has 1 rings (SSSR count). The molecule has 1 aliphatic carbocycles. The topological polar surface area (TPSA) is 73.9 Å². The Labute approximate surface area is 130 Å². The predicted molar refractivity (Wildman–Crippen MR) is 82.7 cm³/mol. The number of halogens is 3. The molecule has 4 nitrogen and oxygen atoms in total. The van der Waals surface area contributed by atoms with Crippen molar-refractivity contribution in [3.05, 3.63) is 0 Å².